The van der Waals surface area contributed by atoms with E-state index in [-0.39, 0.29) is 5.89 Å². The van der Waals surface area contributed by atoms with Crippen molar-refractivity contribution in [2.45, 2.75) is 32.6 Å². The summed E-state index contributed by atoms with van der Waals surface area (Å²) < 4.78 is 7.96. The Bertz CT molecular complexity index is 107. The largest absolute Gasteiger partial charge is 0.0620 e. The molecular formula is C8H14. The van der Waals surface area contributed by atoms with Crippen LogP contribution in [0.3, 0.4) is 0 Å². The quantitative estimate of drug-likeness (QED) is 0.450. The van der Waals surface area contributed by atoms with E-state index in [0.29, 0.717) is 0 Å². The first-order valence-electron chi connectivity index (χ1n) is 4.21. The molecule has 0 aromatic rings. The van der Waals surface area contributed by atoms with Gasteiger partial charge in [0.25, 0.3) is 0 Å². The Morgan fingerprint density at radius 1 is 1.12 bits per heavy atom. The Hall–Kier alpha value is 0. The molecule has 2 rings (SSSR count). The van der Waals surface area contributed by atoms with Crippen LogP contribution in [0, 0.1) is 17.7 Å². The van der Waals surface area contributed by atoms with Crippen LogP contribution in [-0.4, -0.2) is 0 Å². The first-order valence-corrected chi connectivity index (χ1v) is 3.71. The lowest BCUT2D eigenvalue weighted by Gasteiger charge is -2.05. The lowest BCUT2D eigenvalue weighted by molar-refractivity contribution is 0.447. The van der Waals surface area contributed by atoms with Crippen LogP contribution in [0.15, 0.2) is 0 Å². The Balaban J connectivity index is 2.26. The van der Waals surface area contributed by atoms with Gasteiger partial charge in [-0.15, -0.1) is 0 Å². The molecule has 0 spiro atoms. The predicted octanol–water partition coefficient (Wildman–Crippen LogP) is 2.44. The zero-order valence-electron chi connectivity index (χ0n) is 6.48. The molecule has 8 heavy (non-hydrogen) atoms. The van der Waals surface area contributed by atoms with Crippen LogP contribution in [0.2, 0.25) is 0 Å². The second-order valence-electron chi connectivity index (χ2n) is 3.29. The lowest BCUT2D eigenvalue weighted by atomic mass is 10.0. The first kappa shape index (κ1) is 3.92. The van der Waals surface area contributed by atoms with Gasteiger partial charge in [-0.2, -0.15) is 0 Å². The summed E-state index contributed by atoms with van der Waals surface area (Å²) in [6.07, 6.45) is 5.35. The first-order chi connectivity index (χ1) is 4.21. The van der Waals surface area contributed by atoms with Crippen molar-refractivity contribution < 1.29 is 1.37 Å². The highest BCUT2D eigenvalue weighted by atomic mass is 14.4. The average molecular weight is 111 g/mol. The van der Waals surface area contributed by atoms with Crippen molar-refractivity contribution >= 4 is 0 Å². The molecule has 0 heteroatoms. The molecule has 0 radical (unpaired) electrons. The highest BCUT2D eigenvalue weighted by molar-refractivity contribution is 4.88. The van der Waals surface area contributed by atoms with E-state index in [1.54, 1.807) is 0 Å². The van der Waals surface area contributed by atoms with E-state index in [0.717, 1.165) is 11.8 Å². The number of hydrogen-bond donors (Lipinski definition) is 0. The Morgan fingerprint density at radius 2 is 1.50 bits per heavy atom. The van der Waals surface area contributed by atoms with Gasteiger partial charge in [0.05, 0.1) is 0 Å². The summed E-state index contributed by atoms with van der Waals surface area (Å²) in [5, 5.41) is 0. The molecule has 0 unspecified atom stereocenters. The molecule has 0 saturated heterocycles. The Kier molecular flexibility index (Phi) is 0.731. The molecule has 0 aliphatic heterocycles. The van der Waals surface area contributed by atoms with E-state index in [9.17, 15) is 0 Å². The summed E-state index contributed by atoms with van der Waals surface area (Å²) >= 11 is 0. The minimum Gasteiger partial charge on any atom is -0.0620 e. The third-order valence-electron chi connectivity index (χ3n) is 3.02. The molecular weight excluding hydrogens is 96.1 g/mol. The predicted molar refractivity (Wildman–Crippen MR) is 34.6 cm³/mol. The highest BCUT2D eigenvalue weighted by Crippen LogP contribution is 2.48. The van der Waals surface area contributed by atoms with Crippen LogP contribution in [0.25, 0.3) is 0 Å². The maximum Gasteiger partial charge on any atom is 0.0306 e. The number of fused-ring (bicyclic) bond motifs is 2. The van der Waals surface area contributed by atoms with Crippen molar-refractivity contribution in [2.24, 2.45) is 17.7 Å². The third-order valence-corrected chi connectivity index (χ3v) is 3.02. The summed E-state index contributed by atoms with van der Waals surface area (Å²) in [5.74, 6) is 1.48. The maximum atomic E-state index is 7.96. The standard InChI is InChI=1S/C8H14/c1-6-7-2-3-8(6)5-4-7/h6-8H,2-5H2,1H3/i6D. The molecule has 0 atom stereocenters. The summed E-state index contributed by atoms with van der Waals surface area (Å²) in [6.45, 7) is 2.13. The van der Waals surface area contributed by atoms with Crippen LogP contribution in [0.4, 0.5) is 0 Å². The van der Waals surface area contributed by atoms with Gasteiger partial charge in [-0.3, -0.25) is 0 Å². The zero-order valence-corrected chi connectivity index (χ0v) is 5.48. The van der Waals surface area contributed by atoms with Crippen molar-refractivity contribution in [3.63, 3.8) is 0 Å². The van der Waals surface area contributed by atoms with E-state index in [2.05, 4.69) is 6.92 Å². The fourth-order valence-corrected chi connectivity index (χ4v) is 2.34. The van der Waals surface area contributed by atoms with Gasteiger partial charge in [0, 0.05) is 1.37 Å². The summed E-state index contributed by atoms with van der Waals surface area (Å²) in [4.78, 5) is 0. The number of hydrogen-bond acceptors (Lipinski definition) is 0. The van der Waals surface area contributed by atoms with Crippen molar-refractivity contribution in [3.8, 4) is 0 Å². The van der Waals surface area contributed by atoms with Gasteiger partial charge in [-0.05, 0) is 43.4 Å². The summed E-state index contributed by atoms with van der Waals surface area (Å²) in [7, 11) is 0. The molecule has 2 fully saturated rings. The molecule has 0 heterocycles. The smallest absolute Gasteiger partial charge is 0.0306 e. The van der Waals surface area contributed by atoms with E-state index in [4.69, 9.17) is 1.37 Å². The van der Waals surface area contributed by atoms with Gasteiger partial charge in [0.1, 0.15) is 0 Å². The van der Waals surface area contributed by atoms with Crippen molar-refractivity contribution in [3.05, 3.63) is 0 Å². The van der Waals surface area contributed by atoms with Gasteiger partial charge in [-0.25, -0.2) is 0 Å². The minimum atomic E-state index is -0.0278. The molecule has 2 aliphatic rings. The zero-order chi connectivity index (χ0) is 6.48. The van der Waals surface area contributed by atoms with E-state index in [1.165, 1.54) is 25.7 Å². The molecule has 0 N–H and O–H groups in total. The highest BCUT2D eigenvalue weighted by Gasteiger charge is 2.37. The molecule has 0 aromatic carbocycles. The van der Waals surface area contributed by atoms with E-state index >= 15 is 0 Å². The van der Waals surface area contributed by atoms with Crippen LogP contribution >= 0.6 is 0 Å². The lowest BCUT2D eigenvalue weighted by Crippen LogP contribution is -1.97. The molecule has 0 amide bonds. The monoisotopic (exact) mass is 111 g/mol. The van der Waals surface area contributed by atoms with Crippen LogP contribution in [-0.2, 0) is 0 Å². The number of rotatable bonds is 0. The van der Waals surface area contributed by atoms with Crippen molar-refractivity contribution in [1.29, 1.82) is 0 Å². The van der Waals surface area contributed by atoms with Gasteiger partial charge in [0.15, 0.2) is 0 Å². The van der Waals surface area contributed by atoms with Crippen LogP contribution < -0.4 is 0 Å². The topological polar surface area (TPSA) is 0 Å². The normalized spacial score (nSPS) is 63.9. The third kappa shape index (κ3) is 0.463. The van der Waals surface area contributed by atoms with Crippen molar-refractivity contribution in [1.82, 2.24) is 0 Å². The Morgan fingerprint density at radius 3 is 1.62 bits per heavy atom. The molecule has 0 nitrogen and oxygen atoms in total. The van der Waals surface area contributed by atoms with Crippen LogP contribution in [0.5, 0.6) is 0 Å². The summed E-state index contributed by atoms with van der Waals surface area (Å²) in [6, 6.07) is 0. The molecule has 2 saturated carbocycles. The van der Waals surface area contributed by atoms with Gasteiger partial charge < -0.3 is 0 Å². The second kappa shape index (κ2) is 1.49. The molecule has 2 bridgehead atoms. The van der Waals surface area contributed by atoms with E-state index in [1.807, 2.05) is 0 Å². The van der Waals surface area contributed by atoms with Gasteiger partial charge >= 0.3 is 0 Å². The minimum absolute atomic E-state index is 0.0278. The fourth-order valence-electron chi connectivity index (χ4n) is 2.34. The molecule has 2 aliphatic carbocycles. The van der Waals surface area contributed by atoms with Crippen molar-refractivity contribution in [2.75, 3.05) is 0 Å². The maximum absolute atomic E-state index is 7.96. The SMILES string of the molecule is [2H]C1(C)C2CCC1CC2. The second-order valence-corrected chi connectivity index (χ2v) is 3.29. The Labute approximate surface area is 52.7 Å². The van der Waals surface area contributed by atoms with Gasteiger partial charge in [-0.1, -0.05) is 6.92 Å². The molecule has 46 valence electrons. The fraction of sp³-hybridized carbons (Fsp3) is 1.00. The van der Waals surface area contributed by atoms with Crippen LogP contribution in [0.1, 0.15) is 34.0 Å². The summed E-state index contributed by atoms with van der Waals surface area (Å²) in [5.41, 5.74) is 0. The van der Waals surface area contributed by atoms with Gasteiger partial charge in [0.2, 0.25) is 0 Å². The average Bonchev–Trinajstić information content (AvgIpc) is 2.24. The molecule has 0 aromatic heterocycles. The van der Waals surface area contributed by atoms with E-state index < -0.39 is 0 Å².